The molecule has 0 saturated heterocycles. The van der Waals surface area contributed by atoms with Crippen LogP contribution in [0.4, 0.5) is 6.01 Å². The summed E-state index contributed by atoms with van der Waals surface area (Å²) in [5.41, 5.74) is 6.98. The predicted molar refractivity (Wildman–Crippen MR) is 102 cm³/mol. The molecule has 27 heavy (non-hydrogen) atoms. The average Bonchev–Trinajstić information content (AvgIpc) is 3.34. The van der Waals surface area contributed by atoms with Gasteiger partial charge >= 0.3 is 6.01 Å². The summed E-state index contributed by atoms with van der Waals surface area (Å²) in [5, 5.41) is 4.89. The lowest BCUT2D eigenvalue weighted by atomic mass is 10.2. The van der Waals surface area contributed by atoms with Crippen LogP contribution in [0.1, 0.15) is 17.8 Å². The lowest BCUT2D eigenvalue weighted by Crippen LogP contribution is -2.29. The van der Waals surface area contributed by atoms with E-state index >= 15 is 0 Å². The Kier molecular flexibility index (Phi) is 5.01. The fourth-order valence-corrected chi connectivity index (χ4v) is 3.51. The number of thiazole rings is 1. The van der Waals surface area contributed by atoms with Gasteiger partial charge in [-0.1, -0.05) is 17.3 Å². The van der Waals surface area contributed by atoms with E-state index in [1.54, 1.807) is 35.9 Å². The molecule has 0 unspecified atom stereocenters. The molecule has 0 aliphatic carbocycles. The number of carbonyl (C=O) groups excluding carboxylic acids is 1. The van der Waals surface area contributed by atoms with Gasteiger partial charge in [-0.05, 0) is 37.1 Å². The van der Waals surface area contributed by atoms with Crippen LogP contribution < -0.4 is 10.9 Å². The number of aromatic nitrogens is 4. The van der Waals surface area contributed by atoms with Gasteiger partial charge in [-0.2, -0.15) is 4.98 Å². The summed E-state index contributed by atoms with van der Waals surface area (Å²) < 4.78 is 6.23. The standard InChI is InChI=1S/C18H16N6O2S/c25-15(6-3-7-16-20-13-4-1-2-5-14(13)27-16)22-23-18-21-17(24-26-18)12-8-10-19-11-9-12/h1-2,4-5,8-11H,3,6-7H2,(H,22,25)(H,21,23,24). The molecule has 1 amide bonds. The first-order valence-electron chi connectivity index (χ1n) is 8.41. The Balaban J connectivity index is 1.23. The van der Waals surface area contributed by atoms with Crippen LogP contribution in [0, 0.1) is 0 Å². The SMILES string of the molecule is O=C(CCCc1nc2ccccc2s1)NNc1nc(-c2ccncc2)no1. The molecule has 0 bridgehead atoms. The summed E-state index contributed by atoms with van der Waals surface area (Å²) in [5.74, 6) is 0.268. The second-order valence-corrected chi connectivity index (χ2v) is 6.88. The van der Waals surface area contributed by atoms with E-state index in [1.807, 2.05) is 18.2 Å². The number of anilines is 1. The number of pyridine rings is 1. The molecule has 3 aromatic heterocycles. The summed E-state index contributed by atoms with van der Waals surface area (Å²) in [6.07, 6.45) is 5.13. The maximum atomic E-state index is 12.0. The van der Waals surface area contributed by atoms with Crippen molar-refractivity contribution in [2.24, 2.45) is 0 Å². The minimum Gasteiger partial charge on any atom is -0.313 e. The molecular formula is C18H16N6O2S. The number of amides is 1. The zero-order valence-corrected chi connectivity index (χ0v) is 15.1. The molecule has 0 fully saturated rings. The molecular weight excluding hydrogens is 364 g/mol. The largest absolute Gasteiger partial charge is 0.340 e. The molecule has 0 aliphatic heterocycles. The second kappa shape index (κ2) is 7.92. The van der Waals surface area contributed by atoms with Crippen molar-refractivity contribution < 1.29 is 9.32 Å². The number of rotatable bonds is 7. The van der Waals surface area contributed by atoms with Crippen LogP contribution in [0.2, 0.25) is 0 Å². The number of hydrogen-bond donors (Lipinski definition) is 2. The van der Waals surface area contributed by atoms with Gasteiger partial charge in [0.1, 0.15) is 0 Å². The fraction of sp³-hybridized carbons (Fsp3) is 0.167. The smallest absolute Gasteiger partial charge is 0.313 e. The van der Waals surface area contributed by atoms with Gasteiger partial charge in [-0.3, -0.25) is 15.2 Å². The highest BCUT2D eigenvalue weighted by Crippen LogP contribution is 2.22. The maximum absolute atomic E-state index is 12.0. The number of hydrazine groups is 1. The van der Waals surface area contributed by atoms with Crippen molar-refractivity contribution in [2.45, 2.75) is 19.3 Å². The van der Waals surface area contributed by atoms with Gasteiger partial charge in [-0.25, -0.2) is 10.4 Å². The minimum absolute atomic E-state index is 0.126. The highest BCUT2D eigenvalue weighted by molar-refractivity contribution is 7.18. The first-order chi connectivity index (χ1) is 13.3. The topological polar surface area (TPSA) is 106 Å². The number of fused-ring (bicyclic) bond motifs is 1. The van der Waals surface area contributed by atoms with Crippen molar-refractivity contribution in [3.8, 4) is 11.4 Å². The van der Waals surface area contributed by atoms with E-state index < -0.39 is 0 Å². The molecule has 0 atom stereocenters. The fourth-order valence-electron chi connectivity index (χ4n) is 2.51. The first-order valence-corrected chi connectivity index (χ1v) is 9.23. The van der Waals surface area contributed by atoms with E-state index in [9.17, 15) is 4.79 Å². The van der Waals surface area contributed by atoms with Crippen LogP contribution in [0.15, 0.2) is 53.3 Å². The maximum Gasteiger partial charge on any atom is 0.340 e. The molecule has 8 nitrogen and oxygen atoms in total. The third-order valence-corrected chi connectivity index (χ3v) is 4.90. The van der Waals surface area contributed by atoms with Gasteiger partial charge in [-0.15, -0.1) is 11.3 Å². The molecule has 0 radical (unpaired) electrons. The normalized spacial score (nSPS) is 10.8. The summed E-state index contributed by atoms with van der Waals surface area (Å²) in [7, 11) is 0. The van der Waals surface area contributed by atoms with Gasteiger partial charge in [0.2, 0.25) is 11.7 Å². The number of benzene rings is 1. The molecule has 136 valence electrons. The van der Waals surface area contributed by atoms with E-state index in [1.165, 1.54) is 4.70 Å². The molecule has 9 heteroatoms. The molecule has 0 spiro atoms. The van der Waals surface area contributed by atoms with Gasteiger partial charge in [0.05, 0.1) is 15.2 Å². The Hall–Kier alpha value is -3.33. The van der Waals surface area contributed by atoms with Gasteiger partial charge in [0, 0.05) is 24.4 Å². The number of aryl methyl sites for hydroxylation is 1. The van der Waals surface area contributed by atoms with E-state index in [0.717, 1.165) is 22.5 Å². The highest BCUT2D eigenvalue weighted by Gasteiger charge is 2.10. The van der Waals surface area contributed by atoms with Crippen LogP contribution in [-0.2, 0) is 11.2 Å². The lowest BCUT2D eigenvalue weighted by Gasteiger charge is -2.03. The predicted octanol–water partition coefficient (Wildman–Crippen LogP) is 3.21. The van der Waals surface area contributed by atoms with Crippen LogP contribution >= 0.6 is 11.3 Å². The summed E-state index contributed by atoms with van der Waals surface area (Å²) in [6.45, 7) is 0. The van der Waals surface area contributed by atoms with Crippen molar-refractivity contribution in [3.63, 3.8) is 0 Å². The molecule has 1 aromatic carbocycles. The Bertz CT molecular complexity index is 1010. The summed E-state index contributed by atoms with van der Waals surface area (Å²) >= 11 is 1.66. The molecule has 4 aromatic rings. The average molecular weight is 380 g/mol. The third-order valence-electron chi connectivity index (χ3n) is 3.81. The monoisotopic (exact) mass is 380 g/mol. The van der Waals surface area contributed by atoms with Crippen molar-refractivity contribution in [2.75, 3.05) is 5.43 Å². The van der Waals surface area contributed by atoms with Crippen LogP contribution in [0.5, 0.6) is 0 Å². The first kappa shape index (κ1) is 17.1. The Labute approximate surface area is 158 Å². The van der Waals surface area contributed by atoms with Crippen LogP contribution in [0.3, 0.4) is 0 Å². The van der Waals surface area contributed by atoms with Gasteiger partial charge < -0.3 is 4.52 Å². The Morgan fingerprint density at radius 3 is 2.81 bits per heavy atom. The van der Waals surface area contributed by atoms with E-state index in [-0.39, 0.29) is 11.9 Å². The van der Waals surface area contributed by atoms with Crippen LogP contribution in [-0.4, -0.2) is 26.0 Å². The van der Waals surface area contributed by atoms with Crippen molar-refractivity contribution in [3.05, 3.63) is 53.8 Å². The Morgan fingerprint density at radius 1 is 1.11 bits per heavy atom. The second-order valence-electron chi connectivity index (χ2n) is 5.76. The van der Waals surface area contributed by atoms with Crippen molar-refractivity contribution in [1.82, 2.24) is 25.5 Å². The highest BCUT2D eigenvalue weighted by atomic mass is 32.1. The number of carbonyl (C=O) groups is 1. The van der Waals surface area contributed by atoms with Gasteiger partial charge in [0.15, 0.2) is 0 Å². The number of nitrogens with one attached hydrogen (secondary N) is 2. The minimum atomic E-state index is -0.153. The Morgan fingerprint density at radius 2 is 1.96 bits per heavy atom. The quantitative estimate of drug-likeness (QED) is 0.474. The number of hydrogen-bond acceptors (Lipinski definition) is 8. The molecule has 0 saturated carbocycles. The van der Waals surface area contributed by atoms with E-state index in [0.29, 0.717) is 18.7 Å². The molecule has 4 rings (SSSR count). The third kappa shape index (κ3) is 4.26. The number of nitrogens with zero attached hydrogens (tertiary/aromatic N) is 4. The zero-order chi connectivity index (χ0) is 18.5. The molecule has 0 aliphatic rings. The summed E-state index contributed by atoms with van der Waals surface area (Å²) in [4.78, 5) is 24.6. The molecule has 2 N–H and O–H groups in total. The van der Waals surface area contributed by atoms with Gasteiger partial charge in [0.25, 0.3) is 0 Å². The summed E-state index contributed by atoms with van der Waals surface area (Å²) in [6, 6.07) is 11.7. The van der Waals surface area contributed by atoms with E-state index in [4.69, 9.17) is 4.52 Å². The lowest BCUT2D eigenvalue weighted by molar-refractivity contribution is -0.120. The molecule has 3 heterocycles. The number of para-hydroxylation sites is 1. The van der Waals surface area contributed by atoms with Crippen molar-refractivity contribution in [1.29, 1.82) is 0 Å². The zero-order valence-electron chi connectivity index (χ0n) is 14.3. The van der Waals surface area contributed by atoms with Crippen LogP contribution in [0.25, 0.3) is 21.6 Å². The van der Waals surface area contributed by atoms with E-state index in [2.05, 4.69) is 37.0 Å². The van der Waals surface area contributed by atoms with Crippen molar-refractivity contribution >= 4 is 33.5 Å².